The van der Waals surface area contributed by atoms with E-state index < -0.39 is 0 Å². The highest BCUT2D eigenvalue weighted by molar-refractivity contribution is 5.79. The monoisotopic (exact) mass is 425 g/mol. The Morgan fingerprint density at radius 3 is 2.65 bits per heavy atom. The molecule has 0 spiro atoms. The van der Waals surface area contributed by atoms with Crippen LogP contribution in [0.1, 0.15) is 49.1 Å². The summed E-state index contributed by atoms with van der Waals surface area (Å²) >= 11 is 0. The average Bonchev–Trinajstić information content (AvgIpc) is 3.29. The van der Waals surface area contributed by atoms with Gasteiger partial charge >= 0.3 is 0 Å². The summed E-state index contributed by atoms with van der Waals surface area (Å²) in [5.41, 5.74) is 2.77. The molecular formula is C25H35N3O3. The molecule has 1 saturated heterocycles. The number of benzene rings is 1. The molecule has 1 unspecified atom stereocenters. The number of likely N-dealkylation sites (tertiary alicyclic amines) is 1. The molecule has 31 heavy (non-hydrogen) atoms. The van der Waals surface area contributed by atoms with E-state index in [0.717, 1.165) is 64.2 Å². The molecule has 1 aliphatic carbocycles. The highest BCUT2D eigenvalue weighted by Crippen LogP contribution is 2.31. The number of aromatic nitrogens is 2. The Balaban J connectivity index is 1.25. The summed E-state index contributed by atoms with van der Waals surface area (Å²) in [6.07, 6.45) is 8.78. The minimum absolute atomic E-state index is 0.141. The van der Waals surface area contributed by atoms with Crippen LogP contribution in [-0.4, -0.2) is 59.9 Å². The molecule has 1 fully saturated rings. The first-order chi connectivity index (χ1) is 15.3. The maximum Gasteiger partial charge on any atom is 0.226 e. The molecule has 1 aromatic heterocycles. The van der Waals surface area contributed by atoms with Gasteiger partial charge in [-0.05, 0) is 50.2 Å². The lowest BCUT2D eigenvalue weighted by Crippen LogP contribution is -2.43. The third-order valence-corrected chi connectivity index (χ3v) is 6.67. The third-order valence-electron chi connectivity index (χ3n) is 6.67. The highest BCUT2D eigenvalue weighted by atomic mass is 16.5. The van der Waals surface area contributed by atoms with Crippen LogP contribution in [0.2, 0.25) is 0 Å². The van der Waals surface area contributed by atoms with E-state index in [4.69, 9.17) is 9.47 Å². The van der Waals surface area contributed by atoms with Crippen molar-refractivity contribution in [2.75, 3.05) is 39.5 Å². The zero-order valence-corrected chi connectivity index (χ0v) is 18.7. The Kier molecular flexibility index (Phi) is 7.76. The molecule has 1 aliphatic heterocycles. The van der Waals surface area contributed by atoms with Crippen molar-refractivity contribution in [2.45, 2.75) is 51.5 Å². The van der Waals surface area contributed by atoms with Crippen LogP contribution in [0.4, 0.5) is 0 Å². The van der Waals surface area contributed by atoms with E-state index in [0.29, 0.717) is 31.6 Å². The van der Waals surface area contributed by atoms with Gasteiger partial charge in [0.25, 0.3) is 0 Å². The first kappa shape index (κ1) is 22.0. The van der Waals surface area contributed by atoms with Crippen molar-refractivity contribution in [2.24, 2.45) is 5.92 Å². The van der Waals surface area contributed by atoms with Gasteiger partial charge in [-0.15, -0.1) is 0 Å². The first-order valence-corrected chi connectivity index (χ1v) is 11.8. The van der Waals surface area contributed by atoms with Crippen molar-refractivity contribution in [1.82, 2.24) is 14.5 Å². The molecule has 0 N–H and O–H groups in total. The van der Waals surface area contributed by atoms with Gasteiger partial charge < -0.3 is 18.9 Å². The first-order valence-electron chi connectivity index (χ1n) is 11.8. The number of piperidine rings is 1. The van der Waals surface area contributed by atoms with Gasteiger partial charge in [0.1, 0.15) is 5.82 Å². The number of amides is 1. The molecule has 1 atom stereocenters. The van der Waals surface area contributed by atoms with E-state index >= 15 is 0 Å². The van der Waals surface area contributed by atoms with Gasteiger partial charge in [-0.25, -0.2) is 4.98 Å². The Bertz CT molecular complexity index is 842. The van der Waals surface area contributed by atoms with Gasteiger partial charge in [-0.2, -0.15) is 0 Å². The summed E-state index contributed by atoms with van der Waals surface area (Å²) in [5.74, 6) is 2.03. The van der Waals surface area contributed by atoms with Gasteiger partial charge in [0.05, 0.1) is 19.8 Å². The lowest BCUT2D eigenvalue weighted by Gasteiger charge is -2.35. The van der Waals surface area contributed by atoms with E-state index in [-0.39, 0.29) is 5.92 Å². The molecule has 0 saturated carbocycles. The van der Waals surface area contributed by atoms with E-state index in [1.807, 2.05) is 19.3 Å². The fraction of sp³-hybridized carbons (Fsp3) is 0.600. The van der Waals surface area contributed by atoms with E-state index in [9.17, 15) is 4.79 Å². The van der Waals surface area contributed by atoms with Crippen molar-refractivity contribution in [3.8, 4) is 0 Å². The molecule has 1 aromatic carbocycles. The summed E-state index contributed by atoms with van der Waals surface area (Å²) in [6.45, 7) is 7.13. The average molecular weight is 426 g/mol. The zero-order valence-electron chi connectivity index (χ0n) is 18.7. The van der Waals surface area contributed by atoms with Gasteiger partial charge in [-0.3, -0.25) is 4.79 Å². The molecular weight excluding hydrogens is 390 g/mol. The van der Waals surface area contributed by atoms with E-state index in [1.165, 1.54) is 11.1 Å². The Morgan fingerprint density at radius 1 is 1.06 bits per heavy atom. The standard InChI is InChI=1S/C25H35N3O3/c1-2-30-17-18-31-16-15-27-14-11-26-24(27)21-9-12-28(13-10-21)25(29)23-8-7-20-5-3-4-6-22(20)19-23/h3-6,11,14,21,23H,2,7-10,12-13,15-19H2,1H3. The van der Waals surface area contributed by atoms with Crippen LogP contribution in [0.25, 0.3) is 0 Å². The van der Waals surface area contributed by atoms with Crippen LogP contribution < -0.4 is 0 Å². The predicted molar refractivity (Wildman–Crippen MR) is 120 cm³/mol. The molecule has 6 heteroatoms. The molecule has 0 bridgehead atoms. The van der Waals surface area contributed by atoms with Crippen molar-refractivity contribution < 1.29 is 14.3 Å². The van der Waals surface area contributed by atoms with Gasteiger partial charge in [0.2, 0.25) is 5.91 Å². The van der Waals surface area contributed by atoms with Crippen LogP contribution in [0.3, 0.4) is 0 Å². The minimum Gasteiger partial charge on any atom is -0.379 e. The molecule has 1 amide bonds. The predicted octanol–water partition coefficient (Wildman–Crippen LogP) is 3.45. The van der Waals surface area contributed by atoms with Crippen molar-refractivity contribution in [3.05, 3.63) is 53.6 Å². The maximum atomic E-state index is 13.2. The van der Waals surface area contributed by atoms with Gasteiger partial charge in [0, 0.05) is 50.5 Å². The SMILES string of the molecule is CCOCCOCCn1ccnc1C1CCN(C(=O)C2CCc3ccccc3C2)CC1. The lowest BCUT2D eigenvalue weighted by molar-refractivity contribution is -0.137. The minimum atomic E-state index is 0.141. The summed E-state index contributed by atoms with van der Waals surface area (Å²) < 4.78 is 13.2. The van der Waals surface area contributed by atoms with Crippen LogP contribution >= 0.6 is 0 Å². The van der Waals surface area contributed by atoms with Crippen molar-refractivity contribution >= 4 is 5.91 Å². The Hall–Kier alpha value is -2.18. The van der Waals surface area contributed by atoms with Crippen molar-refractivity contribution in [1.29, 1.82) is 0 Å². The topological polar surface area (TPSA) is 56.6 Å². The number of imidazole rings is 1. The van der Waals surface area contributed by atoms with E-state index in [1.54, 1.807) is 0 Å². The number of nitrogens with zero attached hydrogens (tertiary/aromatic N) is 3. The lowest BCUT2D eigenvalue weighted by atomic mass is 9.82. The number of carbonyl (C=O) groups is 1. The molecule has 2 heterocycles. The Morgan fingerprint density at radius 2 is 1.84 bits per heavy atom. The second-order valence-electron chi connectivity index (χ2n) is 8.60. The Labute approximate surface area is 185 Å². The largest absolute Gasteiger partial charge is 0.379 e. The fourth-order valence-electron chi connectivity index (χ4n) is 4.92. The van der Waals surface area contributed by atoms with Gasteiger partial charge in [0.15, 0.2) is 0 Å². The normalized spacial score (nSPS) is 19.4. The number of ether oxygens (including phenoxy) is 2. The zero-order chi connectivity index (χ0) is 21.5. The number of aryl methyl sites for hydroxylation is 1. The number of hydrogen-bond donors (Lipinski definition) is 0. The summed E-state index contributed by atoms with van der Waals surface area (Å²) in [7, 11) is 0. The second-order valence-corrected chi connectivity index (χ2v) is 8.60. The van der Waals surface area contributed by atoms with Crippen molar-refractivity contribution in [3.63, 3.8) is 0 Å². The quantitative estimate of drug-likeness (QED) is 0.578. The molecule has 2 aliphatic rings. The van der Waals surface area contributed by atoms with Crippen LogP contribution in [0, 0.1) is 5.92 Å². The molecule has 0 radical (unpaired) electrons. The summed E-state index contributed by atoms with van der Waals surface area (Å²) in [5, 5.41) is 0. The van der Waals surface area contributed by atoms with Crippen LogP contribution in [-0.2, 0) is 33.7 Å². The smallest absolute Gasteiger partial charge is 0.226 e. The number of hydrogen-bond acceptors (Lipinski definition) is 4. The molecule has 6 nitrogen and oxygen atoms in total. The summed E-state index contributed by atoms with van der Waals surface area (Å²) in [4.78, 5) is 19.9. The summed E-state index contributed by atoms with van der Waals surface area (Å²) in [6, 6.07) is 8.57. The number of fused-ring (bicyclic) bond motifs is 1. The number of carbonyl (C=O) groups excluding carboxylic acids is 1. The second kappa shape index (κ2) is 10.9. The molecule has 4 rings (SSSR count). The third kappa shape index (κ3) is 5.55. The molecule has 168 valence electrons. The maximum absolute atomic E-state index is 13.2. The fourth-order valence-corrected chi connectivity index (χ4v) is 4.92. The van der Waals surface area contributed by atoms with Crippen LogP contribution in [0.15, 0.2) is 36.7 Å². The van der Waals surface area contributed by atoms with Gasteiger partial charge in [-0.1, -0.05) is 24.3 Å². The number of rotatable bonds is 9. The highest BCUT2D eigenvalue weighted by Gasteiger charge is 2.32. The van der Waals surface area contributed by atoms with Crippen LogP contribution in [0.5, 0.6) is 0 Å². The van der Waals surface area contributed by atoms with E-state index in [2.05, 4.69) is 38.7 Å². The molecule has 2 aromatic rings.